The second-order valence-electron chi connectivity index (χ2n) is 4.70. The SMILES string of the molecule is CCCc1nnc(S(N)(=O)=O)n1C(C)(C)C. The Morgan fingerprint density at radius 1 is 1.31 bits per heavy atom. The van der Waals surface area contributed by atoms with Crippen molar-refractivity contribution in [1.29, 1.82) is 0 Å². The summed E-state index contributed by atoms with van der Waals surface area (Å²) in [6, 6.07) is 0. The van der Waals surface area contributed by atoms with E-state index >= 15 is 0 Å². The summed E-state index contributed by atoms with van der Waals surface area (Å²) in [5.41, 5.74) is -0.407. The fourth-order valence-electron chi connectivity index (χ4n) is 1.54. The lowest BCUT2D eigenvalue weighted by atomic mass is 10.1. The highest BCUT2D eigenvalue weighted by molar-refractivity contribution is 7.89. The van der Waals surface area contributed by atoms with Crippen molar-refractivity contribution in [2.24, 2.45) is 5.14 Å². The fourth-order valence-corrected chi connectivity index (χ4v) is 2.33. The van der Waals surface area contributed by atoms with Gasteiger partial charge in [-0.2, -0.15) is 0 Å². The molecule has 1 aromatic heterocycles. The molecule has 2 N–H and O–H groups in total. The van der Waals surface area contributed by atoms with E-state index in [4.69, 9.17) is 5.14 Å². The molecule has 0 spiro atoms. The predicted octanol–water partition coefficient (Wildman–Crippen LogP) is 0.633. The summed E-state index contributed by atoms with van der Waals surface area (Å²) < 4.78 is 24.3. The Labute approximate surface area is 95.9 Å². The van der Waals surface area contributed by atoms with Gasteiger partial charge in [-0.25, -0.2) is 13.6 Å². The van der Waals surface area contributed by atoms with Gasteiger partial charge in [-0.3, -0.25) is 4.57 Å². The summed E-state index contributed by atoms with van der Waals surface area (Å²) in [5, 5.41) is 12.5. The van der Waals surface area contributed by atoms with Gasteiger partial charge in [0.15, 0.2) is 0 Å². The Hall–Kier alpha value is -0.950. The molecular formula is C9H18N4O2S. The molecule has 7 heteroatoms. The molecule has 0 radical (unpaired) electrons. The van der Waals surface area contributed by atoms with E-state index < -0.39 is 15.6 Å². The zero-order chi connectivity index (χ0) is 12.6. The van der Waals surface area contributed by atoms with E-state index in [1.165, 1.54) is 0 Å². The molecular weight excluding hydrogens is 228 g/mol. The highest BCUT2D eigenvalue weighted by Gasteiger charge is 2.28. The van der Waals surface area contributed by atoms with Crippen LogP contribution in [0.4, 0.5) is 0 Å². The predicted molar refractivity (Wildman–Crippen MR) is 60.4 cm³/mol. The molecule has 16 heavy (non-hydrogen) atoms. The van der Waals surface area contributed by atoms with Crippen molar-refractivity contribution in [1.82, 2.24) is 14.8 Å². The van der Waals surface area contributed by atoms with Crippen molar-refractivity contribution in [2.45, 2.75) is 51.2 Å². The van der Waals surface area contributed by atoms with Crippen molar-refractivity contribution in [2.75, 3.05) is 0 Å². The van der Waals surface area contributed by atoms with Gasteiger partial charge in [-0.1, -0.05) is 6.92 Å². The summed E-state index contributed by atoms with van der Waals surface area (Å²) >= 11 is 0. The molecule has 0 aliphatic carbocycles. The Bertz CT molecular complexity index is 470. The van der Waals surface area contributed by atoms with Gasteiger partial charge in [0.05, 0.1) is 0 Å². The lowest BCUT2D eigenvalue weighted by molar-refractivity contribution is 0.349. The quantitative estimate of drug-likeness (QED) is 0.847. The number of aromatic nitrogens is 3. The zero-order valence-electron chi connectivity index (χ0n) is 10.1. The van der Waals surface area contributed by atoms with Gasteiger partial charge in [0.2, 0.25) is 0 Å². The minimum absolute atomic E-state index is 0.163. The van der Waals surface area contributed by atoms with Crippen LogP contribution in [0.25, 0.3) is 0 Å². The maximum Gasteiger partial charge on any atom is 0.273 e. The monoisotopic (exact) mass is 246 g/mol. The van der Waals surface area contributed by atoms with Gasteiger partial charge in [0.1, 0.15) is 5.82 Å². The van der Waals surface area contributed by atoms with Crippen LogP contribution in [0.15, 0.2) is 5.16 Å². The number of rotatable bonds is 3. The minimum Gasteiger partial charge on any atom is -0.295 e. The third-order valence-corrected chi connectivity index (χ3v) is 2.87. The number of nitrogens with zero attached hydrogens (tertiary/aromatic N) is 3. The molecule has 6 nitrogen and oxygen atoms in total. The summed E-state index contributed by atoms with van der Waals surface area (Å²) in [5.74, 6) is 0.652. The van der Waals surface area contributed by atoms with E-state index in [2.05, 4.69) is 10.2 Å². The van der Waals surface area contributed by atoms with Gasteiger partial charge in [0.25, 0.3) is 15.2 Å². The highest BCUT2D eigenvalue weighted by atomic mass is 32.2. The largest absolute Gasteiger partial charge is 0.295 e. The van der Waals surface area contributed by atoms with Crippen molar-refractivity contribution in [3.8, 4) is 0 Å². The molecule has 1 aromatic rings. The smallest absolute Gasteiger partial charge is 0.273 e. The lowest BCUT2D eigenvalue weighted by Crippen LogP contribution is -2.30. The second kappa shape index (κ2) is 4.14. The Kier molecular flexibility index (Phi) is 3.39. The standard InChI is InChI=1S/C9H18N4O2S/c1-5-6-7-11-12-8(16(10,14)15)13(7)9(2,3)4/h5-6H2,1-4H3,(H2,10,14,15). The minimum atomic E-state index is -3.82. The van der Waals surface area contributed by atoms with Crippen molar-refractivity contribution < 1.29 is 8.42 Å². The molecule has 0 saturated heterocycles. The number of aryl methyl sites for hydroxylation is 1. The van der Waals surface area contributed by atoms with Crippen LogP contribution in [0.3, 0.4) is 0 Å². The van der Waals surface area contributed by atoms with Crippen LogP contribution in [-0.2, 0) is 22.0 Å². The van der Waals surface area contributed by atoms with Crippen molar-refractivity contribution in [3.63, 3.8) is 0 Å². The number of hydrogen-bond donors (Lipinski definition) is 1. The van der Waals surface area contributed by atoms with E-state index in [0.717, 1.165) is 6.42 Å². The molecule has 0 atom stereocenters. The molecule has 0 aliphatic rings. The molecule has 1 heterocycles. The number of sulfonamides is 1. The molecule has 0 aliphatic heterocycles. The summed E-state index contributed by atoms with van der Waals surface area (Å²) in [4.78, 5) is 0. The Morgan fingerprint density at radius 3 is 2.25 bits per heavy atom. The molecule has 0 aromatic carbocycles. The van der Waals surface area contributed by atoms with Gasteiger partial charge in [-0.15, -0.1) is 10.2 Å². The topological polar surface area (TPSA) is 90.9 Å². The van der Waals surface area contributed by atoms with Crippen LogP contribution in [0.5, 0.6) is 0 Å². The Balaban J connectivity index is 3.43. The molecule has 0 amide bonds. The van der Waals surface area contributed by atoms with E-state index in [0.29, 0.717) is 12.2 Å². The zero-order valence-corrected chi connectivity index (χ0v) is 10.9. The molecule has 0 bridgehead atoms. The van der Waals surface area contributed by atoms with Crippen LogP contribution >= 0.6 is 0 Å². The van der Waals surface area contributed by atoms with E-state index in [-0.39, 0.29) is 5.16 Å². The van der Waals surface area contributed by atoms with E-state index in [9.17, 15) is 8.42 Å². The lowest BCUT2D eigenvalue weighted by Gasteiger charge is -2.24. The average molecular weight is 246 g/mol. The third-order valence-electron chi connectivity index (χ3n) is 2.10. The first-order valence-corrected chi connectivity index (χ1v) is 6.70. The number of nitrogens with two attached hydrogens (primary N) is 1. The van der Waals surface area contributed by atoms with E-state index in [1.54, 1.807) is 4.57 Å². The average Bonchev–Trinajstić information content (AvgIpc) is 2.46. The molecule has 1 rings (SSSR count). The van der Waals surface area contributed by atoms with Crippen LogP contribution in [0.1, 0.15) is 39.9 Å². The van der Waals surface area contributed by atoms with Crippen LogP contribution < -0.4 is 5.14 Å². The maximum absolute atomic E-state index is 11.4. The molecule has 0 saturated carbocycles. The first-order chi connectivity index (χ1) is 7.18. The molecule has 0 fully saturated rings. The van der Waals surface area contributed by atoms with Gasteiger partial charge >= 0.3 is 0 Å². The summed E-state index contributed by atoms with van der Waals surface area (Å²) in [6.07, 6.45) is 1.55. The second-order valence-corrected chi connectivity index (χ2v) is 6.16. The summed E-state index contributed by atoms with van der Waals surface area (Å²) in [6.45, 7) is 7.68. The van der Waals surface area contributed by atoms with Crippen LogP contribution in [0, 0.1) is 0 Å². The van der Waals surface area contributed by atoms with Gasteiger partial charge in [-0.05, 0) is 27.2 Å². The van der Waals surface area contributed by atoms with E-state index in [1.807, 2.05) is 27.7 Å². The van der Waals surface area contributed by atoms with Crippen LogP contribution in [-0.4, -0.2) is 23.2 Å². The van der Waals surface area contributed by atoms with Crippen LogP contribution in [0.2, 0.25) is 0 Å². The maximum atomic E-state index is 11.4. The molecule has 0 unspecified atom stereocenters. The fraction of sp³-hybridized carbons (Fsp3) is 0.778. The van der Waals surface area contributed by atoms with Gasteiger partial charge in [0, 0.05) is 12.0 Å². The number of primary sulfonamides is 1. The highest BCUT2D eigenvalue weighted by Crippen LogP contribution is 2.21. The van der Waals surface area contributed by atoms with Gasteiger partial charge < -0.3 is 0 Å². The summed E-state index contributed by atoms with van der Waals surface area (Å²) in [7, 11) is -3.82. The first kappa shape index (κ1) is 13.1. The normalized spacial score (nSPS) is 13.1. The number of hydrogen-bond acceptors (Lipinski definition) is 4. The van der Waals surface area contributed by atoms with Crippen molar-refractivity contribution >= 4 is 10.0 Å². The molecule has 92 valence electrons. The van der Waals surface area contributed by atoms with Crippen molar-refractivity contribution in [3.05, 3.63) is 5.82 Å². The third kappa shape index (κ3) is 2.59. The first-order valence-electron chi connectivity index (χ1n) is 5.15. The Morgan fingerprint density at radius 2 is 1.88 bits per heavy atom.